The summed E-state index contributed by atoms with van der Waals surface area (Å²) in [6.45, 7) is 2.00. The van der Waals surface area contributed by atoms with E-state index in [4.69, 9.17) is 0 Å². The Hall–Kier alpha value is -3.79. The zero-order valence-corrected chi connectivity index (χ0v) is 15.2. The first-order valence-electron chi connectivity index (χ1n) is 8.92. The fourth-order valence-electron chi connectivity index (χ4n) is 3.27. The molecule has 4 heteroatoms. The number of hydrogen-bond donors (Lipinski definition) is 1. The van der Waals surface area contributed by atoms with Crippen LogP contribution in [0.3, 0.4) is 0 Å². The predicted molar refractivity (Wildman–Crippen MR) is 109 cm³/mol. The topological polar surface area (TPSA) is 63.2 Å². The molecule has 0 unspecified atom stereocenters. The number of carbonyl (C=O) groups excluding carboxylic acids is 3. The second-order valence-corrected chi connectivity index (χ2v) is 6.67. The Morgan fingerprint density at radius 2 is 1.43 bits per heavy atom. The Balaban J connectivity index is 1.63. The maximum absolute atomic E-state index is 12.9. The Morgan fingerprint density at radius 1 is 0.786 bits per heavy atom. The summed E-state index contributed by atoms with van der Waals surface area (Å²) in [5.41, 5.74) is 3.67. The number of fused-ring (bicyclic) bond motifs is 2. The van der Waals surface area contributed by atoms with Crippen LogP contribution in [0.4, 0.5) is 5.69 Å². The van der Waals surface area contributed by atoms with Crippen LogP contribution in [0, 0.1) is 6.92 Å². The van der Waals surface area contributed by atoms with Crippen molar-refractivity contribution in [1.82, 2.24) is 0 Å². The number of benzene rings is 3. The smallest absolute Gasteiger partial charge is 0.248 e. The molecule has 136 valence electrons. The van der Waals surface area contributed by atoms with Crippen molar-refractivity contribution in [2.75, 3.05) is 5.32 Å². The second-order valence-electron chi connectivity index (χ2n) is 6.67. The minimum atomic E-state index is -0.368. The van der Waals surface area contributed by atoms with Crippen LogP contribution in [0.25, 0.3) is 6.08 Å². The van der Waals surface area contributed by atoms with Gasteiger partial charge in [-0.05, 0) is 24.6 Å². The van der Waals surface area contributed by atoms with E-state index < -0.39 is 0 Å². The molecule has 1 aliphatic rings. The lowest BCUT2D eigenvalue weighted by molar-refractivity contribution is -0.111. The third-order valence-corrected chi connectivity index (χ3v) is 4.71. The second kappa shape index (κ2) is 7.08. The summed E-state index contributed by atoms with van der Waals surface area (Å²) in [6, 6.07) is 19.4. The van der Waals surface area contributed by atoms with Gasteiger partial charge in [-0.15, -0.1) is 0 Å². The van der Waals surface area contributed by atoms with Gasteiger partial charge in [0.05, 0.1) is 11.3 Å². The molecule has 0 aromatic heterocycles. The van der Waals surface area contributed by atoms with Crippen molar-refractivity contribution >= 4 is 29.2 Å². The van der Waals surface area contributed by atoms with Gasteiger partial charge in [0.1, 0.15) is 0 Å². The van der Waals surface area contributed by atoms with Gasteiger partial charge >= 0.3 is 0 Å². The van der Waals surface area contributed by atoms with Crippen LogP contribution < -0.4 is 5.32 Å². The Morgan fingerprint density at radius 3 is 2.14 bits per heavy atom. The van der Waals surface area contributed by atoms with Crippen LogP contribution in [0.5, 0.6) is 0 Å². The molecule has 0 saturated heterocycles. The SMILES string of the molecule is Cc1ccc(/C=C/C(=O)Nc2cccc3c2C(=O)c2ccccc2C3=O)cc1. The minimum absolute atomic E-state index is 0.212. The number of nitrogens with one attached hydrogen (secondary N) is 1. The standard InChI is InChI=1S/C24H17NO3/c1-15-9-11-16(12-10-15)13-14-21(26)25-20-8-4-7-19-22(20)24(28)18-6-3-2-5-17(18)23(19)27/h2-14H,1H3,(H,25,26)/b14-13+. The van der Waals surface area contributed by atoms with E-state index in [0.717, 1.165) is 11.1 Å². The van der Waals surface area contributed by atoms with Gasteiger partial charge in [0.2, 0.25) is 5.91 Å². The molecule has 1 N–H and O–H groups in total. The van der Waals surface area contributed by atoms with Gasteiger partial charge in [-0.1, -0.05) is 66.2 Å². The summed E-state index contributed by atoms with van der Waals surface area (Å²) >= 11 is 0. The summed E-state index contributed by atoms with van der Waals surface area (Å²) in [7, 11) is 0. The number of ketones is 2. The van der Waals surface area contributed by atoms with Crippen LogP contribution in [0.2, 0.25) is 0 Å². The van der Waals surface area contributed by atoms with Gasteiger partial charge in [0.15, 0.2) is 11.6 Å². The maximum Gasteiger partial charge on any atom is 0.248 e. The highest BCUT2D eigenvalue weighted by molar-refractivity contribution is 6.30. The van der Waals surface area contributed by atoms with Crippen LogP contribution in [0.1, 0.15) is 43.0 Å². The Bertz CT molecular complexity index is 1140. The zero-order valence-electron chi connectivity index (χ0n) is 15.2. The summed E-state index contributed by atoms with van der Waals surface area (Å²) in [4.78, 5) is 38.1. The number of anilines is 1. The minimum Gasteiger partial charge on any atom is -0.322 e. The molecule has 3 aromatic rings. The molecule has 0 spiro atoms. The van der Waals surface area contributed by atoms with E-state index in [9.17, 15) is 14.4 Å². The average molecular weight is 367 g/mol. The van der Waals surface area contributed by atoms with Crippen LogP contribution in [0.15, 0.2) is 72.8 Å². The highest BCUT2D eigenvalue weighted by Gasteiger charge is 2.31. The summed E-state index contributed by atoms with van der Waals surface area (Å²) in [5, 5.41) is 2.73. The number of hydrogen-bond acceptors (Lipinski definition) is 3. The fourth-order valence-corrected chi connectivity index (χ4v) is 3.27. The molecule has 1 aliphatic carbocycles. The van der Waals surface area contributed by atoms with Gasteiger partial charge in [0.25, 0.3) is 0 Å². The summed E-state index contributed by atoms with van der Waals surface area (Å²) in [6.07, 6.45) is 3.11. The van der Waals surface area contributed by atoms with E-state index in [1.807, 2.05) is 31.2 Å². The van der Waals surface area contributed by atoms with Gasteiger partial charge in [-0.25, -0.2) is 0 Å². The van der Waals surface area contributed by atoms with Crippen molar-refractivity contribution in [2.24, 2.45) is 0 Å². The third-order valence-electron chi connectivity index (χ3n) is 4.71. The van der Waals surface area contributed by atoms with Gasteiger partial charge in [0, 0.05) is 22.8 Å². The summed E-state index contributed by atoms with van der Waals surface area (Å²) in [5.74, 6) is -0.840. The fraction of sp³-hybridized carbons (Fsp3) is 0.0417. The molecule has 1 amide bonds. The van der Waals surface area contributed by atoms with E-state index >= 15 is 0 Å². The number of amides is 1. The largest absolute Gasteiger partial charge is 0.322 e. The number of carbonyl (C=O) groups is 3. The molecule has 0 saturated carbocycles. The first-order chi connectivity index (χ1) is 13.5. The molecule has 4 rings (SSSR count). The monoisotopic (exact) mass is 367 g/mol. The van der Waals surface area contributed by atoms with E-state index in [1.54, 1.807) is 48.5 Å². The van der Waals surface area contributed by atoms with Crippen molar-refractivity contribution < 1.29 is 14.4 Å². The maximum atomic E-state index is 12.9. The first kappa shape index (κ1) is 17.6. The van der Waals surface area contributed by atoms with Gasteiger partial charge < -0.3 is 5.32 Å². The molecule has 0 aliphatic heterocycles. The molecule has 4 nitrogen and oxygen atoms in total. The molecule has 3 aromatic carbocycles. The van der Waals surface area contributed by atoms with E-state index in [0.29, 0.717) is 22.4 Å². The zero-order chi connectivity index (χ0) is 19.7. The molecule has 0 bridgehead atoms. The highest BCUT2D eigenvalue weighted by Crippen LogP contribution is 2.31. The van der Waals surface area contributed by atoms with Gasteiger partial charge in [-0.2, -0.15) is 0 Å². The average Bonchev–Trinajstić information content (AvgIpc) is 2.71. The summed E-state index contributed by atoms with van der Waals surface area (Å²) < 4.78 is 0. The Kier molecular flexibility index (Phi) is 4.45. The molecule has 0 atom stereocenters. The van der Waals surface area contributed by atoms with Crippen molar-refractivity contribution in [3.8, 4) is 0 Å². The quantitative estimate of drug-likeness (QED) is 0.545. The van der Waals surface area contributed by atoms with Crippen molar-refractivity contribution in [3.05, 3.63) is 106 Å². The van der Waals surface area contributed by atoms with Crippen molar-refractivity contribution in [2.45, 2.75) is 6.92 Å². The molecule has 0 heterocycles. The Labute approximate surface area is 162 Å². The molecular weight excluding hydrogens is 350 g/mol. The first-order valence-corrected chi connectivity index (χ1v) is 8.92. The molecule has 28 heavy (non-hydrogen) atoms. The van der Waals surface area contributed by atoms with E-state index in [2.05, 4.69) is 5.32 Å². The molecule has 0 radical (unpaired) electrons. The van der Waals surface area contributed by atoms with E-state index in [1.165, 1.54) is 6.08 Å². The van der Waals surface area contributed by atoms with Crippen molar-refractivity contribution in [3.63, 3.8) is 0 Å². The van der Waals surface area contributed by atoms with Crippen LogP contribution in [-0.4, -0.2) is 17.5 Å². The predicted octanol–water partition coefficient (Wildman–Crippen LogP) is 4.42. The lowest BCUT2D eigenvalue weighted by atomic mass is 9.83. The third kappa shape index (κ3) is 3.16. The van der Waals surface area contributed by atoms with Crippen LogP contribution in [-0.2, 0) is 4.79 Å². The lowest BCUT2D eigenvalue weighted by Gasteiger charge is -2.20. The number of aryl methyl sites for hydroxylation is 1. The number of rotatable bonds is 3. The molecular formula is C24H17NO3. The molecule has 0 fully saturated rings. The highest BCUT2D eigenvalue weighted by atomic mass is 16.2. The lowest BCUT2D eigenvalue weighted by Crippen LogP contribution is -2.23. The van der Waals surface area contributed by atoms with Crippen molar-refractivity contribution in [1.29, 1.82) is 0 Å². The van der Waals surface area contributed by atoms with E-state index in [-0.39, 0.29) is 23.0 Å². The van der Waals surface area contributed by atoms with Crippen LogP contribution >= 0.6 is 0 Å². The normalized spacial score (nSPS) is 12.6. The van der Waals surface area contributed by atoms with Gasteiger partial charge in [-0.3, -0.25) is 14.4 Å².